The van der Waals surface area contributed by atoms with Gasteiger partial charge in [0.1, 0.15) is 11.5 Å². The molecule has 0 bridgehead atoms. The minimum absolute atomic E-state index is 0.0960. The van der Waals surface area contributed by atoms with E-state index in [1.54, 1.807) is 0 Å². The Morgan fingerprint density at radius 3 is 1.39 bits per heavy atom. The van der Waals surface area contributed by atoms with Gasteiger partial charge >= 0.3 is 0 Å². The molecule has 0 saturated heterocycles. The fourth-order valence-electron chi connectivity index (χ4n) is 3.98. The summed E-state index contributed by atoms with van der Waals surface area (Å²) < 4.78 is 1.34. The van der Waals surface area contributed by atoms with E-state index in [-0.39, 0.29) is 17.4 Å². The monoisotopic (exact) mass is 536 g/mol. The van der Waals surface area contributed by atoms with Gasteiger partial charge < -0.3 is 10.2 Å². The van der Waals surface area contributed by atoms with E-state index in [0.29, 0.717) is 8.95 Å². The molecule has 0 unspecified atom stereocenters. The SMILES string of the molecule is CCC(c1cc(Br)c(O)c(-c2ccccc2)c1)c1cc(Br)c(O)c(-c2ccccc2)c1. The molecule has 0 amide bonds. The Balaban J connectivity index is 1.85. The van der Waals surface area contributed by atoms with Crippen LogP contribution in [0, 0.1) is 0 Å². The van der Waals surface area contributed by atoms with E-state index in [4.69, 9.17) is 0 Å². The quantitative estimate of drug-likeness (QED) is 0.268. The van der Waals surface area contributed by atoms with Crippen LogP contribution in [0.1, 0.15) is 30.4 Å². The lowest BCUT2D eigenvalue weighted by Gasteiger charge is -2.21. The molecular weight excluding hydrogens is 516 g/mol. The third kappa shape index (κ3) is 4.41. The fraction of sp³-hybridized carbons (Fsp3) is 0.111. The summed E-state index contributed by atoms with van der Waals surface area (Å²) >= 11 is 7.08. The van der Waals surface area contributed by atoms with Gasteiger partial charge in [0.25, 0.3) is 0 Å². The summed E-state index contributed by atoms with van der Waals surface area (Å²) in [4.78, 5) is 0. The lowest BCUT2D eigenvalue weighted by atomic mass is 9.86. The molecule has 4 heteroatoms. The minimum Gasteiger partial charge on any atom is -0.506 e. The van der Waals surface area contributed by atoms with E-state index in [1.165, 1.54) is 0 Å². The number of hydrogen-bond acceptors (Lipinski definition) is 2. The van der Waals surface area contributed by atoms with Crippen molar-refractivity contribution in [1.82, 2.24) is 0 Å². The first-order valence-corrected chi connectivity index (χ1v) is 11.7. The van der Waals surface area contributed by atoms with Crippen LogP contribution in [0.5, 0.6) is 11.5 Å². The summed E-state index contributed by atoms with van der Waals surface area (Å²) in [6.07, 6.45) is 0.872. The van der Waals surface area contributed by atoms with Crippen molar-refractivity contribution >= 4 is 31.9 Å². The third-order valence-electron chi connectivity index (χ3n) is 5.55. The van der Waals surface area contributed by atoms with Crippen LogP contribution in [0.4, 0.5) is 0 Å². The van der Waals surface area contributed by atoms with Gasteiger partial charge in [0.15, 0.2) is 0 Å². The molecule has 2 N–H and O–H groups in total. The van der Waals surface area contributed by atoms with Gasteiger partial charge in [0.05, 0.1) is 8.95 Å². The number of aromatic hydroxyl groups is 2. The number of phenols is 2. The Kier molecular flexibility index (Phi) is 6.49. The average molecular weight is 538 g/mol. The van der Waals surface area contributed by atoms with Crippen LogP contribution in [-0.2, 0) is 0 Å². The van der Waals surface area contributed by atoms with Gasteiger partial charge in [-0.25, -0.2) is 0 Å². The zero-order chi connectivity index (χ0) is 22.0. The van der Waals surface area contributed by atoms with Crippen molar-refractivity contribution in [3.63, 3.8) is 0 Å². The van der Waals surface area contributed by atoms with Crippen LogP contribution in [-0.4, -0.2) is 10.2 Å². The summed E-state index contributed by atoms with van der Waals surface area (Å²) in [5.74, 6) is 0.571. The predicted molar refractivity (Wildman–Crippen MR) is 135 cm³/mol. The summed E-state index contributed by atoms with van der Waals surface area (Å²) in [6.45, 7) is 2.15. The maximum atomic E-state index is 10.7. The summed E-state index contributed by atoms with van der Waals surface area (Å²) in [5.41, 5.74) is 5.72. The van der Waals surface area contributed by atoms with Crippen LogP contribution < -0.4 is 0 Å². The third-order valence-corrected chi connectivity index (χ3v) is 6.76. The van der Waals surface area contributed by atoms with Crippen molar-refractivity contribution < 1.29 is 10.2 Å². The predicted octanol–water partition coefficient (Wildman–Crippen LogP) is 8.50. The lowest BCUT2D eigenvalue weighted by Crippen LogP contribution is -2.02. The highest BCUT2D eigenvalue weighted by Gasteiger charge is 2.20. The molecule has 4 aromatic rings. The van der Waals surface area contributed by atoms with Crippen molar-refractivity contribution in [2.24, 2.45) is 0 Å². The Hall–Kier alpha value is -2.56. The highest BCUT2D eigenvalue weighted by Crippen LogP contribution is 2.43. The molecule has 0 atom stereocenters. The Morgan fingerprint density at radius 1 is 0.645 bits per heavy atom. The Labute approximate surface area is 199 Å². The van der Waals surface area contributed by atoms with Crippen LogP contribution in [0.3, 0.4) is 0 Å². The molecule has 0 aliphatic heterocycles. The van der Waals surface area contributed by atoms with Crippen LogP contribution >= 0.6 is 31.9 Å². The minimum atomic E-state index is 0.0960. The molecule has 0 heterocycles. The topological polar surface area (TPSA) is 40.5 Å². The molecule has 0 aromatic heterocycles. The second-order valence-electron chi connectivity index (χ2n) is 7.49. The molecule has 0 aliphatic carbocycles. The first kappa shape index (κ1) is 21.7. The first-order valence-electron chi connectivity index (χ1n) is 10.1. The molecule has 0 radical (unpaired) electrons. The van der Waals surface area contributed by atoms with E-state index < -0.39 is 0 Å². The van der Waals surface area contributed by atoms with Gasteiger partial charge in [0, 0.05) is 17.0 Å². The van der Waals surface area contributed by atoms with Crippen molar-refractivity contribution in [3.05, 3.63) is 105 Å². The molecular formula is C27H22Br2O2. The molecule has 0 fully saturated rings. The van der Waals surface area contributed by atoms with Crippen LogP contribution in [0.25, 0.3) is 22.3 Å². The van der Waals surface area contributed by atoms with Crippen LogP contribution in [0.2, 0.25) is 0 Å². The normalized spacial score (nSPS) is 11.1. The van der Waals surface area contributed by atoms with Gasteiger partial charge in [-0.2, -0.15) is 0 Å². The fourth-order valence-corrected chi connectivity index (χ4v) is 4.94. The highest BCUT2D eigenvalue weighted by molar-refractivity contribution is 9.11. The molecule has 0 saturated carbocycles. The molecule has 4 rings (SSSR count). The zero-order valence-corrected chi connectivity index (χ0v) is 20.2. The van der Waals surface area contributed by atoms with Crippen molar-refractivity contribution in [1.29, 1.82) is 0 Å². The number of phenolic OH excluding ortho intramolecular Hbond substituents is 2. The van der Waals surface area contributed by atoms with E-state index >= 15 is 0 Å². The highest BCUT2D eigenvalue weighted by atomic mass is 79.9. The first-order chi connectivity index (χ1) is 15.0. The molecule has 4 aromatic carbocycles. The maximum absolute atomic E-state index is 10.7. The molecule has 0 aliphatic rings. The number of hydrogen-bond donors (Lipinski definition) is 2. The van der Waals surface area contributed by atoms with Crippen molar-refractivity contribution in [2.45, 2.75) is 19.3 Å². The molecule has 31 heavy (non-hydrogen) atoms. The van der Waals surface area contributed by atoms with E-state index in [0.717, 1.165) is 39.8 Å². The lowest BCUT2D eigenvalue weighted by molar-refractivity contribution is 0.473. The Morgan fingerprint density at radius 2 is 1.03 bits per heavy atom. The standard InChI is InChI=1S/C27H22Br2O2/c1-2-21(19-13-22(26(30)24(28)15-19)17-9-5-3-6-10-17)20-14-23(27(31)25(29)16-20)18-11-7-4-8-12-18/h3-16,21,30-31H,2H2,1H3. The second-order valence-corrected chi connectivity index (χ2v) is 9.20. The van der Waals surface area contributed by atoms with Gasteiger partial charge in [-0.1, -0.05) is 67.6 Å². The van der Waals surface area contributed by atoms with Gasteiger partial charge in [-0.15, -0.1) is 0 Å². The maximum Gasteiger partial charge on any atom is 0.137 e. The van der Waals surface area contributed by atoms with Gasteiger partial charge in [0.2, 0.25) is 0 Å². The summed E-state index contributed by atoms with van der Waals surface area (Å²) in [6, 6.07) is 27.9. The smallest absolute Gasteiger partial charge is 0.137 e. The van der Waals surface area contributed by atoms with E-state index in [1.807, 2.05) is 72.8 Å². The van der Waals surface area contributed by atoms with E-state index in [9.17, 15) is 10.2 Å². The molecule has 2 nitrogen and oxygen atoms in total. The summed E-state index contributed by atoms with van der Waals surface area (Å²) in [7, 11) is 0. The Bertz CT molecular complexity index is 1110. The number of halogens is 2. The molecule has 0 spiro atoms. The van der Waals surface area contributed by atoms with Crippen molar-refractivity contribution in [2.75, 3.05) is 0 Å². The molecule has 156 valence electrons. The average Bonchev–Trinajstić information content (AvgIpc) is 2.80. The summed E-state index contributed by atoms with van der Waals surface area (Å²) in [5, 5.41) is 21.4. The number of rotatable bonds is 5. The van der Waals surface area contributed by atoms with Gasteiger partial charge in [-0.05, 0) is 84.8 Å². The van der Waals surface area contributed by atoms with Crippen LogP contribution in [0.15, 0.2) is 93.9 Å². The van der Waals surface area contributed by atoms with E-state index in [2.05, 4.69) is 50.9 Å². The second kappa shape index (κ2) is 9.29. The zero-order valence-electron chi connectivity index (χ0n) is 17.0. The van der Waals surface area contributed by atoms with Gasteiger partial charge in [-0.3, -0.25) is 0 Å². The number of benzene rings is 4. The van der Waals surface area contributed by atoms with Crippen molar-refractivity contribution in [3.8, 4) is 33.8 Å². The largest absolute Gasteiger partial charge is 0.506 e.